The number of methoxy groups -OCH3 is 1. The maximum Gasteiger partial charge on any atom is 0.276 e. The van der Waals surface area contributed by atoms with Crippen molar-refractivity contribution in [3.05, 3.63) is 77.4 Å². The van der Waals surface area contributed by atoms with Crippen molar-refractivity contribution in [3.63, 3.8) is 0 Å². The summed E-state index contributed by atoms with van der Waals surface area (Å²) in [4.78, 5) is 46.6. The van der Waals surface area contributed by atoms with Crippen molar-refractivity contribution in [1.29, 1.82) is 0 Å². The van der Waals surface area contributed by atoms with Crippen LogP contribution in [0.2, 0.25) is 0 Å². The van der Waals surface area contributed by atoms with E-state index in [1.807, 2.05) is 55.5 Å². The minimum atomic E-state index is -1.13. The largest absolute Gasteiger partial charge is 0.496 e. The van der Waals surface area contributed by atoms with Crippen LogP contribution < -0.4 is 15.4 Å². The molecular formula is C28H31N5O4. The van der Waals surface area contributed by atoms with Crippen molar-refractivity contribution in [2.45, 2.75) is 57.8 Å². The third kappa shape index (κ3) is 4.45. The molecule has 2 aliphatic rings. The second kappa shape index (κ2) is 9.72. The van der Waals surface area contributed by atoms with Crippen LogP contribution in [0.3, 0.4) is 0 Å². The highest BCUT2D eigenvalue weighted by molar-refractivity contribution is 6.12. The average Bonchev–Trinajstić information content (AvgIpc) is 3.64. The second-order valence-electron chi connectivity index (χ2n) is 9.71. The summed E-state index contributed by atoms with van der Waals surface area (Å²) in [7, 11) is 1.59. The zero-order valence-electron chi connectivity index (χ0n) is 21.3. The molecule has 1 aliphatic carbocycles. The van der Waals surface area contributed by atoms with E-state index >= 15 is 0 Å². The van der Waals surface area contributed by atoms with Crippen LogP contribution in [0.4, 0.5) is 5.69 Å². The van der Waals surface area contributed by atoms with Crippen LogP contribution >= 0.6 is 0 Å². The van der Waals surface area contributed by atoms with Crippen molar-refractivity contribution in [2.24, 2.45) is 0 Å². The lowest BCUT2D eigenvalue weighted by Crippen LogP contribution is -2.64. The molecule has 2 heterocycles. The molecule has 0 saturated heterocycles. The molecule has 2 aromatic carbocycles. The van der Waals surface area contributed by atoms with E-state index in [0.717, 1.165) is 30.4 Å². The lowest BCUT2D eigenvalue weighted by Gasteiger charge is -2.44. The van der Waals surface area contributed by atoms with Gasteiger partial charge in [-0.1, -0.05) is 43.3 Å². The molecular weight excluding hydrogens is 470 g/mol. The van der Waals surface area contributed by atoms with Crippen molar-refractivity contribution in [3.8, 4) is 5.75 Å². The summed E-state index contributed by atoms with van der Waals surface area (Å²) in [6.07, 6.45) is 3.87. The van der Waals surface area contributed by atoms with Gasteiger partial charge in [0.1, 0.15) is 17.0 Å². The Bertz CT molecular complexity index is 1360. The number of ether oxygens (including phenoxy) is 1. The number of carbonyl (C=O) groups excluding carboxylic acids is 3. The summed E-state index contributed by atoms with van der Waals surface area (Å²) in [5.74, 6) is -0.372. The molecule has 1 saturated carbocycles. The highest BCUT2D eigenvalue weighted by atomic mass is 16.5. The number of nitrogens with one attached hydrogen (secondary N) is 2. The summed E-state index contributed by atoms with van der Waals surface area (Å²) in [6.45, 7) is 4.27. The van der Waals surface area contributed by atoms with Gasteiger partial charge < -0.3 is 24.8 Å². The highest BCUT2D eigenvalue weighted by Crippen LogP contribution is 2.39. The smallest absolute Gasteiger partial charge is 0.276 e. The Morgan fingerprint density at radius 3 is 2.51 bits per heavy atom. The first-order valence-electron chi connectivity index (χ1n) is 12.6. The van der Waals surface area contributed by atoms with Gasteiger partial charge in [-0.3, -0.25) is 14.4 Å². The molecule has 3 aromatic rings. The Labute approximate surface area is 215 Å². The third-order valence-corrected chi connectivity index (χ3v) is 7.16. The molecule has 2 N–H and O–H groups in total. The van der Waals surface area contributed by atoms with E-state index in [1.165, 1.54) is 6.33 Å². The van der Waals surface area contributed by atoms with Crippen LogP contribution in [0, 0.1) is 0 Å². The molecule has 1 aromatic heterocycles. The molecule has 0 spiro atoms. The van der Waals surface area contributed by atoms with Crippen LogP contribution in [0.1, 0.15) is 58.8 Å². The Morgan fingerprint density at radius 1 is 1.11 bits per heavy atom. The summed E-state index contributed by atoms with van der Waals surface area (Å²) in [6, 6.07) is 15.0. The quantitative estimate of drug-likeness (QED) is 0.492. The number of benzene rings is 2. The van der Waals surface area contributed by atoms with Crippen molar-refractivity contribution < 1.29 is 19.1 Å². The zero-order valence-corrected chi connectivity index (χ0v) is 21.3. The molecule has 1 fully saturated rings. The second-order valence-corrected chi connectivity index (χ2v) is 9.71. The lowest BCUT2D eigenvalue weighted by atomic mass is 9.93. The summed E-state index contributed by atoms with van der Waals surface area (Å²) in [5.41, 5.74) is 1.69. The number of amides is 3. The van der Waals surface area contributed by atoms with Gasteiger partial charge in [-0.25, -0.2) is 4.98 Å². The maximum absolute atomic E-state index is 13.8. The van der Waals surface area contributed by atoms with Crippen LogP contribution in [0.15, 0.2) is 54.9 Å². The Kier molecular flexibility index (Phi) is 6.45. The predicted molar refractivity (Wildman–Crippen MR) is 138 cm³/mol. The van der Waals surface area contributed by atoms with Gasteiger partial charge in [0.05, 0.1) is 20.0 Å². The van der Waals surface area contributed by atoms with Gasteiger partial charge in [0.15, 0.2) is 5.69 Å². The number of anilines is 1. The monoisotopic (exact) mass is 501 g/mol. The topological polar surface area (TPSA) is 106 Å². The Balaban J connectivity index is 1.41. The molecule has 1 aliphatic heterocycles. The van der Waals surface area contributed by atoms with Gasteiger partial charge in [0.25, 0.3) is 11.8 Å². The normalized spacial score (nSPS) is 18.8. The number of carbonyl (C=O) groups is 3. The maximum atomic E-state index is 13.8. The fraction of sp³-hybridized carbons (Fsp3) is 0.357. The number of aromatic nitrogens is 2. The van der Waals surface area contributed by atoms with Crippen LogP contribution in [-0.2, 0) is 24.3 Å². The van der Waals surface area contributed by atoms with Crippen molar-refractivity contribution in [2.75, 3.05) is 12.4 Å². The number of para-hydroxylation sites is 2. The first-order valence-corrected chi connectivity index (χ1v) is 12.6. The van der Waals surface area contributed by atoms with Crippen molar-refractivity contribution in [1.82, 2.24) is 19.8 Å². The Morgan fingerprint density at radius 2 is 1.81 bits per heavy atom. The molecule has 0 radical (unpaired) electrons. The number of hydrogen-bond acceptors (Lipinski definition) is 5. The van der Waals surface area contributed by atoms with E-state index in [1.54, 1.807) is 23.5 Å². The number of aryl methyl sites for hydroxylation is 1. The molecule has 1 atom stereocenters. The standard InChI is InChI=1S/C28H31N5O4/c1-4-18-9-5-7-11-21(18)31-25(34)23-24-26(35)33(20-13-14-20)28(2,16-32(24)17-30-23)27(36)29-15-19-10-6-8-12-22(19)37-3/h5-12,17,20H,4,13-16H2,1-3H3,(H,29,36)(H,31,34)/t28-/m0/s1. The number of hydrogen-bond donors (Lipinski definition) is 2. The molecule has 192 valence electrons. The van der Waals surface area contributed by atoms with Crippen molar-refractivity contribution >= 4 is 23.4 Å². The van der Waals surface area contributed by atoms with Gasteiger partial charge in [-0.2, -0.15) is 0 Å². The number of nitrogens with zero attached hydrogens (tertiary/aromatic N) is 3. The molecule has 0 unspecified atom stereocenters. The van der Waals surface area contributed by atoms with E-state index in [9.17, 15) is 14.4 Å². The Hall–Kier alpha value is -4.14. The highest BCUT2D eigenvalue weighted by Gasteiger charge is 2.53. The molecule has 3 amide bonds. The zero-order chi connectivity index (χ0) is 26.2. The summed E-state index contributed by atoms with van der Waals surface area (Å²) < 4.78 is 7.03. The summed E-state index contributed by atoms with van der Waals surface area (Å²) >= 11 is 0. The third-order valence-electron chi connectivity index (χ3n) is 7.16. The van der Waals surface area contributed by atoms with Crippen LogP contribution in [0.5, 0.6) is 5.75 Å². The number of imidazole rings is 1. The molecule has 0 bridgehead atoms. The first kappa shape index (κ1) is 24.5. The van der Waals surface area contributed by atoms with E-state index < -0.39 is 11.4 Å². The van der Waals surface area contributed by atoms with Crippen LogP contribution in [-0.4, -0.2) is 50.9 Å². The molecule has 37 heavy (non-hydrogen) atoms. The minimum absolute atomic E-state index is 0.0464. The number of rotatable bonds is 8. The van der Waals surface area contributed by atoms with Gasteiger partial charge in [0.2, 0.25) is 5.91 Å². The fourth-order valence-corrected chi connectivity index (χ4v) is 5.07. The van der Waals surface area contributed by atoms with E-state index in [-0.39, 0.29) is 42.3 Å². The van der Waals surface area contributed by atoms with E-state index in [2.05, 4.69) is 15.6 Å². The SMILES string of the molecule is CCc1ccccc1NC(=O)c1ncn2c1C(=O)N(C1CC1)[C@](C)(C(=O)NCc1ccccc1OC)C2. The van der Waals surface area contributed by atoms with Gasteiger partial charge in [-0.05, 0) is 43.9 Å². The van der Waals surface area contributed by atoms with E-state index in [0.29, 0.717) is 11.4 Å². The van der Waals surface area contributed by atoms with Crippen LogP contribution in [0.25, 0.3) is 0 Å². The minimum Gasteiger partial charge on any atom is -0.496 e. The average molecular weight is 502 g/mol. The predicted octanol–water partition coefficient (Wildman–Crippen LogP) is 3.40. The number of fused-ring (bicyclic) bond motifs is 1. The van der Waals surface area contributed by atoms with Gasteiger partial charge in [-0.15, -0.1) is 0 Å². The van der Waals surface area contributed by atoms with E-state index in [4.69, 9.17) is 4.74 Å². The summed E-state index contributed by atoms with van der Waals surface area (Å²) in [5, 5.41) is 5.91. The van der Waals surface area contributed by atoms with Gasteiger partial charge >= 0.3 is 0 Å². The lowest BCUT2D eigenvalue weighted by molar-refractivity contribution is -0.133. The molecule has 5 rings (SSSR count). The molecule has 9 heteroatoms. The first-order chi connectivity index (χ1) is 17.9. The fourth-order valence-electron chi connectivity index (χ4n) is 5.07. The molecule has 9 nitrogen and oxygen atoms in total. The van der Waals surface area contributed by atoms with Gasteiger partial charge in [0, 0.05) is 23.8 Å².